The summed E-state index contributed by atoms with van der Waals surface area (Å²) in [6.45, 7) is 0.731. The minimum atomic E-state index is 0.429. The van der Waals surface area contributed by atoms with Gasteiger partial charge < -0.3 is 5.32 Å². The van der Waals surface area contributed by atoms with Gasteiger partial charge >= 0.3 is 0 Å². The fraction of sp³-hybridized carbons (Fsp3) is 0.0667. The van der Waals surface area contributed by atoms with Crippen molar-refractivity contribution < 1.29 is 0 Å². The second-order valence-corrected chi connectivity index (χ2v) is 6.18. The van der Waals surface area contributed by atoms with Crippen molar-refractivity contribution >= 4 is 43.9 Å². The Labute approximate surface area is 129 Å². The molecule has 98 valence electrons. The molecule has 0 aliphatic rings. The van der Waals surface area contributed by atoms with Crippen molar-refractivity contribution in [2.75, 3.05) is 5.32 Å². The van der Waals surface area contributed by atoms with Crippen LogP contribution in [0, 0.1) is 11.3 Å². The summed E-state index contributed by atoms with van der Waals surface area (Å²) in [6, 6.07) is 13.8. The number of fused-ring (bicyclic) bond motifs is 1. The first-order chi connectivity index (χ1) is 9.76. The maximum Gasteiger partial charge on any atom is 0.143 e. The van der Waals surface area contributed by atoms with Gasteiger partial charge in [-0.15, -0.1) is 11.3 Å². The van der Waals surface area contributed by atoms with Gasteiger partial charge in [-0.25, -0.2) is 4.98 Å². The van der Waals surface area contributed by atoms with Gasteiger partial charge in [0, 0.05) is 32.3 Å². The van der Waals surface area contributed by atoms with Crippen LogP contribution in [0.25, 0.3) is 10.9 Å². The molecule has 0 aliphatic carbocycles. The van der Waals surface area contributed by atoms with Crippen LogP contribution >= 0.6 is 27.3 Å². The van der Waals surface area contributed by atoms with Gasteiger partial charge in [0.2, 0.25) is 0 Å². The summed E-state index contributed by atoms with van der Waals surface area (Å²) in [5, 5.41) is 15.5. The van der Waals surface area contributed by atoms with E-state index < -0.39 is 0 Å². The van der Waals surface area contributed by atoms with Crippen molar-refractivity contribution in [1.29, 1.82) is 5.26 Å². The molecule has 0 spiro atoms. The number of para-hydroxylation sites is 1. The summed E-state index contributed by atoms with van der Waals surface area (Å²) in [7, 11) is 0. The number of rotatable bonds is 3. The Bertz CT molecular complexity index is 804. The number of hydrogen-bond donors (Lipinski definition) is 1. The molecule has 2 aromatic heterocycles. The summed E-state index contributed by atoms with van der Waals surface area (Å²) in [5.41, 5.74) is 2.21. The highest BCUT2D eigenvalue weighted by Gasteiger charge is 2.05. The third-order valence-electron chi connectivity index (χ3n) is 2.91. The van der Waals surface area contributed by atoms with E-state index in [9.17, 15) is 0 Å². The highest BCUT2D eigenvalue weighted by atomic mass is 79.9. The van der Waals surface area contributed by atoms with Gasteiger partial charge in [-0.2, -0.15) is 5.26 Å². The molecule has 3 aromatic rings. The number of hydrogen-bond acceptors (Lipinski definition) is 4. The molecule has 3 rings (SSSR count). The summed E-state index contributed by atoms with van der Waals surface area (Å²) in [5.74, 6) is 0. The second kappa shape index (κ2) is 5.61. The lowest BCUT2D eigenvalue weighted by atomic mass is 10.1. The summed E-state index contributed by atoms with van der Waals surface area (Å²) in [4.78, 5) is 5.54. The van der Waals surface area contributed by atoms with Crippen LogP contribution in [0.2, 0.25) is 0 Å². The molecule has 2 heterocycles. The van der Waals surface area contributed by atoms with Crippen molar-refractivity contribution in [3.63, 3.8) is 0 Å². The molecule has 0 bridgehead atoms. The third kappa shape index (κ3) is 2.67. The molecule has 20 heavy (non-hydrogen) atoms. The molecule has 0 fully saturated rings. The largest absolute Gasteiger partial charge is 0.380 e. The second-order valence-electron chi connectivity index (χ2n) is 4.27. The van der Waals surface area contributed by atoms with E-state index in [0.29, 0.717) is 5.69 Å². The average molecular weight is 344 g/mol. The lowest BCUT2D eigenvalue weighted by Crippen LogP contribution is -2.00. The number of thiophene rings is 1. The Morgan fingerprint density at radius 3 is 2.90 bits per heavy atom. The molecule has 0 saturated heterocycles. The van der Waals surface area contributed by atoms with Crippen LogP contribution in [-0.4, -0.2) is 4.98 Å². The predicted molar refractivity (Wildman–Crippen MR) is 85.8 cm³/mol. The zero-order valence-corrected chi connectivity index (χ0v) is 12.8. The van der Waals surface area contributed by atoms with E-state index in [-0.39, 0.29) is 0 Å². The van der Waals surface area contributed by atoms with Crippen LogP contribution in [0.3, 0.4) is 0 Å². The number of nitrogens with one attached hydrogen (secondary N) is 1. The van der Waals surface area contributed by atoms with Crippen LogP contribution in [0.1, 0.15) is 10.6 Å². The van der Waals surface area contributed by atoms with E-state index in [0.717, 1.165) is 27.6 Å². The normalized spacial score (nSPS) is 10.4. The highest BCUT2D eigenvalue weighted by Crippen LogP contribution is 2.25. The third-order valence-corrected chi connectivity index (χ3v) is 4.60. The van der Waals surface area contributed by atoms with Crippen molar-refractivity contribution in [2.45, 2.75) is 6.54 Å². The minimum absolute atomic E-state index is 0.429. The molecule has 5 heteroatoms. The van der Waals surface area contributed by atoms with Crippen LogP contribution in [0.4, 0.5) is 5.69 Å². The van der Waals surface area contributed by atoms with Gasteiger partial charge in [-0.05, 0) is 34.1 Å². The number of nitriles is 1. The smallest absolute Gasteiger partial charge is 0.143 e. The van der Waals surface area contributed by atoms with Gasteiger partial charge in [-0.1, -0.05) is 18.2 Å². The van der Waals surface area contributed by atoms with Crippen molar-refractivity contribution in [3.05, 3.63) is 56.8 Å². The first kappa shape index (κ1) is 13.1. The Kier molecular flexibility index (Phi) is 3.68. The number of nitrogens with zero attached hydrogens (tertiary/aromatic N) is 2. The van der Waals surface area contributed by atoms with E-state index >= 15 is 0 Å². The Morgan fingerprint density at radius 2 is 2.15 bits per heavy atom. The van der Waals surface area contributed by atoms with Gasteiger partial charge in [0.1, 0.15) is 11.8 Å². The first-order valence-corrected chi connectivity index (χ1v) is 7.70. The van der Waals surface area contributed by atoms with Gasteiger partial charge in [0.05, 0.1) is 5.52 Å². The van der Waals surface area contributed by atoms with Crippen LogP contribution < -0.4 is 5.32 Å². The number of pyridine rings is 1. The summed E-state index contributed by atoms with van der Waals surface area (Å²) in [6.07, 6.45) is 0. The molecular weight excluding hydrogens is 334 g/mol. The fourth-order valence-corrected chi connectivity index (χ4v) is 3.40. The van der Waals surface area contributed by atoms with E-state index in [4.69, 9.17) is 5.26 Å². The molecule has 0 aliphatic heterocycles. The fourth-order valence-electron chi connectivity index (χ4n) is 2.01. The zero-order valence-electron chi connectivity index (χ0n) is 10.4. The lowest BCUT2D eigenvalue weighted by molar-refractivity contribution is 1.19. The summed E-state index contributed by atoms with van der Waals surface area (Å²) < 4.78 is 1.09. The predicted octanol–water partition coefficient (Wildman–Crippen LogP) is 4.54. The average Bonchev–Trinajstić information content (AvgIpc) is 2.90. The molecule has 3 nitrogen and oxygen atoms in total. The highest BCUT2D eigenvalue weighted by molar-refractivity contribution is 9.10. The molecular formula is C15H10BrN3S. The Hall–Kier alpha value is -1.90. The SMILES string of the molecule is N#Cc1cc(NCc2cc(Br)cs2)c2ccccc2n1. The molecule has 0 saturated carbocycles. The van der Waals surface area contributed by atoms with Crippen molar-refractivity contribution in [3.8, 4) is 6.07 Å². The molecule has 0 radical (unpaired) electrons. The maximum atomic E-state index is 9.07. The minimum Gasteiger partial charge on any atom is -0.380 e. The zero-order chi connectivity index (χ0) is 13.9. The number of halogens is 1. The molecule has 0 atom stereocenters. The Balaban J connectivity index is 1.95. The van der Waals surface area contributed by atoms with Gasteiger partial charge in [0.15, 0.2) is 0 Å². The summed E-state index contributed by atoms with van der Waals surface area (Å²) >= 11 is 5.14. The van der Waals surface area contributed by atoms with Crippen LogP contribution in [-0.2, 0) is 6.54 Å². The van der Waals surface area contributed by atoms with Crippen molar-refractivity contribution in [2.24, 2.45) is 0 Å². The number of anilines is 1. The lowest BCUT2D eigenvalue weighted by Gasteiger charge is -2.09. The molecule has 1 aromatic carbocycles. The monoisotopic (exact) mass is 343 g/mol. The topological polar surface area (TPSA) is 48.7 Å². The van der Waals surface area contributed by atoms with E-state index in [1.54, 1.807) is 17.4 Å². The van der Waals surface area contributed by atoms with E-state index in [1.165, 1.54) is 4.88 Å². The standard InChI is InChI=1S/C15H10BrN3S/c16-10-5-12(20-9-10)8-18-15-6-11(7-17)19-14-4-2-1-3-13(14)15/h1-6,9H,8H2,(H,18,19). The number of benzene rings is 1. The molecule has 1 N–H and O–H groups in total. The molecule has 0 unspecified atom stereocenters. The quantitative estimate of drug-likeness (QED) is 0.759. The van der Waals surface area contributed by atoms with E-state index in [2.05, 4.69) is 43.7 Å². The van der Waals surface area contributed by atoms with Crippen molar-refractivity contribution in [1.82, 2.24) is 4.98 Å². The maximum absolute atomic E-state index is 9.07. The Morgan fingerprint density at radius 1 is 1.30 bits per heavy atom. The van der Waals surface area contributed by atoms with Crippen LogP contribution in [0.5, 0.6) is 0 Å². The molecule has 0 amide bonds. The first-order valence-electron chi connectivity index (χ1n) is 6.03. The van der Waals surface area contributed by atoms with Gasteiger partial charge in [-0.3, -0.25) is 0 Å². The van der Waals surface area contributed by atoms with Crippen LogP contribution in [0.15, 0.2) is 46.3 Å². The number of aromatic nitrogens is 1. The van der Waals surface area contributed by atoms with E-state index in [1.807, 2.05) is 24.3 Å². The van der Waals surface area contributed by atoms with Gasteiger partial charge in [0.25, 0.3) is 0 Å².